The molecule has 0 unspecified atom stereocenters. The van der Waals surface area contributed by atoms with Gasteiger partial charge in [0.05, 0.1) is 6.54 Å². The fourth-order valence-electron chi connectivity index (χ4n) is 2.07. The highest BCUT2D eigenvalue weighted by Crippen LogP contribution is 2.27. The number of aryl methyl sites for hydroxylation is 1. The highest BCUT2D eigenvalue weighted by Gasteiger charge is 2.29. The number of carbonyl (C=O) groups excluding carboxylic acids is 1. The average molecular weight is 232 g/mol. The lowest BCUT2D eigenvalue weighted by Crippen LogP contribution is -2.34. The summed E-state index contributed by atoms with van der Waals surface area (Å²) in [6.07, 6.45) is 3.45. The minimum atomic E-state index is -0.234. The van der Waals surface area contributed by atoms with Gasteiger partial charge in [-0.15, -0.1) is 0 Å². The Kier molecular flexibility index (Phi) is 3.79. The van der Waals surface area contributed by atoms with Crippen LogP contribution in [0.15, 0.2) is 24.3 Å². The number of hydrogen-bond donors (Lipinski definition) is 1. The molecule has 92 valence electrons. The lowest BCUT2D eigenvalue weighted by Gasteiger charge is -2.20. The van der Waals surface area contributed by atoms with E-state index in [1.54, 1.807) is 0 Å². The van der Waals surface area contributed by atoms with Gasteiger partial charge in [0.15, 0.2) is 0 Å². The maximum Gasteiger partial charge on any atom is 0.231 e. The van der Waals surface area contributed by atoms with Crippen molar-refractivity contribution in [3.63, 3.8) is 0 Å². The summed E-state index contributed by atoms with van der Waals surface area (Å²) in [7, 11) is 0. The fraction of sp³-hybridized carbons (Fsp3) is 0.500. The van der Waals surface area contributed by atoms with Crippen molar-refractivity contribution >= 4 is 5.91 Å². The topological polar surface area (TPSA) is 46.3 Å². The second-order valence-electron chi connectivity index (χ2n) is 4.77. The van der Waals surface area contributed by atoms with Crippen LogP contribution in [0.25, 0.3) is 0 Å². The number of nitrogens with two attached hydrogens (primary N) is 1. The molecule has 3 nitrogen and oxygen atoms in total. The Bertz CT molecular complexity index is 382. The summed E-state index contributed by atoms with van der Waals surface area (Å²) in [5.74, 6) is -0.234. The van der Waals surface area contributed by atoms with Gasteiger partial charge in [-0.05, 0) is 30.4 Å². The molecule has 3 heteroatoms. The van der Waals surface area contributed by atoms with Crippen molar-refractivity contribution in [3.8, 4) is 0 Å². The van der Waals surface area contributed by atoms with Crippen LogP contribution < -0.4 is 5.73 Å². The molecule has 2 rings (SSSR count). The van der Waals surface area contributed by atoms with Gasteiger partial charge in [-0.2, -0.15) is 0 Å². The SMILES string of the molecule is CCc1ccc(CN(CC(N)=O)C2CC2)cc1. The summed E-state index contributed by atoms with van der Waals surface area (Å²) in [4.78, 5) is 13.2. The highest BCUT2D eigenvalue weighted by atomic mass is 16.1. The number of primary amides is 1. The lowest BCUT2D eigenvalue weighted by atomic mass is 10.1. The molecular formula is C14H20N2O. The quantitative estimate of drug-likeness (QED) is 0.811. The van der Waals surface area contributed by atoms with E-state index in [9.17, 15) is 4.79 Å². The molecule has 17 heavy (non-hydrogen) atoms. The highest BCUT2D eigenvalue weighted by molar-refractivity contribution is 5.76. The van der Waals surface area contributed by atoms with E-state index < -0.39 is 0 Å². The molecular weight excluding hydrogens is 212 g/mol. The summed E-state index contributed by atoms with van der Waals surface area (Å²) in [6, 6.07) is 9.17. The molecule has 1 aromatic carbocycles. The van der Waals surface area contributed by atoms with Gasteiger partial charge < -0.3 is 5.73 Å². The Morgan fingerprint density at radius 3 is 2.35 bits per heavy atom. The molecule has 1 saturated carbocycles. The minimum Gasteiger partial charge on any atom is -0.369 e. The Balaban J connectivity index is 1.98. The normalized spacial score (nSPS) is 15.2. The van der Waals surface area contributed by atoms with Crippen LogP contribution in [0.5, 0.6) is 0 Å². The summed E-state index contributed by atoms with van der Waals surface area (Å²) in [5, 5.41) is 0. The average Bonchev–Trinajstić information content (AvgIpc) is 3.12. The van der Waals surface area contributed by atoms with Gasteiger partial charge in [0, 0.05) is 12.6 Å². The molecule has 0 aromatic heterocycles. The molecule has 0 bridgehead atoms. The summed E-state index contributed by atoms with van der Waals surface area (Å²) < 4.78 is 0. The smallest absolute Gasteiger partial charge is 0.231 e. The Labute approximate surface area is 103 Å². The second kappa shape index (κ2) is 5.32. The van der Waals surface area contributed by atoms with Crippen LogP contribution in [0.3, 0.4) is 0 Å². The first-order chi connectivity index (χ1) is 8.19. The predicted molar refractivity (Wildman–Crippen MR) is 68.4 cm³/mol. The van der Waals surface area contributed by atoms with Crippen molar-refractivity contribution in [1.82, 2.24) is 4.90 Å². The van der Waals surface area contributed by atoms with E-state index in [1.165, 1.54) is 24.0 Å². The maximum atomic E-state index is 11.0. The van der Waals surface area contributed by atoms with Crippen molar-refractivity contribution in [3.05, 3.63) is 35.4 Å². The standard InChI is InChI=1S/C14H20N2O/c1-2-11-3-5-12(6-4-11)9-16(10-14(15)17)13-7-8-13/h3-6,13H,2,7-10H2,1H3,(H2,15,17). The Morgan fingerprint density at radius 2 is 1.88 bits per heavy atom. The molecule has 0 aliphatic heterocycles. The molecule has 0 spiro atoms. The van der Waals surface area contributed by atoms with E-state index in [-0.39, 0.29) is 5.91 Å². The molecule has 2 N–H and O–H groups in total. The largest absolute Gasteiger partial charge is 0.369 e. The third-order valence-electron chi connectivity index (χ3n) is 3.24. The number of rotatable bonds is 6. The van der Waals surface area contributed by atoms with Crippen LogP contribution >= 0.6 is 0 Å². The molecule has 1 fully saturated rings. The number of nitrogens with zero attached hydrogens (tertiary/aromatic N) is 1. The summed E-state index contributed by atoms with van der Waals surface area (Å²) in [6.45, 7) is 3.36. The van der Waals surface area contributed by atoms with Gasteiger partial charge >= 0.3 is 0 Å². The first kappa shape index (κ1) is 12.1. The molecule has 0 saturated heterocycles. The van der Waals surface area contributed by atoms with Crippen LogP contribution in [0.4, 0.5) is 0 Å². The zero-order chi connectivity index (χ0) is 12.3. The van der Waals surface area contributed by atoms with Crippen molar-refractivity contribution in [1.29, 1.82) is 0 Å². The zero-order valence-electron chi connectivity index (χ0n) is 10.4. The third kappa shape index (κ3) is 3.56. The van der Waals surface area contributed by atoms with Crippen LogP contribution in [-0.4, -0.2) is 23.4 Å². The summed E-state index contributed by atoms with van der Waals surface area (Å²) in [5.41, 5.74) is 7.89. The minimum absolute atomic E-state index is 0.234. The molecule has 0 radical (unpaired) electrons. The van der Waals surface area contributed by atoms with E-state index in [2.05, 4.69) is 36.1 Å². The summed E-state index contributed by atoms with van der Waals surface area (Å²) >= 11 is 0. The molecule has 0 atom stereocenters. The van der Waals surface area contributed by atoms with Crippen molar-refractivity contribution < 1.29 is 4.79 Å². The van der Waals surface area contributed by atoms with E-state index in [1.807, 2.05) is 0 Å². The van der Waals surface area contributed by atoms with Gasteiger partial charge in [-0.1, -0.05) is 31.2 Å². The van der Waals surface area contributed by atoms with Gasteiger partial charge in [0.25, 0.3) is 0 Å². The molecule has 1 amide bonds. The number of benzene rings is 1. The predicted octanol–water partition coefficient (Wildman–Crippen LogP) is 1.70. The Morgan fingerprint density at radius 1 is 1.29 bits per heavy atom. The van der Waals surface area contributed by atoms with Crippen LogP contribution in [0.1, 0.15) is 30.9 Å². The molecule has 1 aliphatic rings. The van der Waals surface area contributed by atoms with Crippen molar-refractivity contribution in [2.75, 3.05) is 6.54 Å². The van der Waals surface area contributed by atoms with E-state index in [0.717, 1.165) is 13.0 Å². The fourth-order valence-corrected chi connectivity index (χ4v) is 2.07. The second-order valence-corrected chi connectivity index (χ2v) is 4.77. The molecule has 0 heterocycles. The monoisotopic (exact) mass is 232 g/mol. The van der Waals surface area contributed by atoms with Crippen LogP contribution in [0, 0.1) is 0 Å². The van der Waals surface area contributed by atoms with Gasteiger partial charge in [0.1, 0.15) is 0 Å². The van der Waals surface area contributed by atoms with Crippen molar-refractivity contribution in [2.45, 2.75) is 38.8 Å². The molecule has 1 aromatic rings. The number of hydrogen-bond acceptors (Lipinski definition) is 2. The first-order valence-electron chi connectivity index (χ1n) is 6.29. The third-order valence-corrected chi connectivity index (χ3v) is 3.24. The van der Waals surface area contributed by atoms with E-state index in [4.69, 9.17) is 5.73 Å². The number of amides is 1. The number of carbonyl (C=O) groups is 1. The van der Waals surface area contributed by atoms with E-state index in [0.29, 0.717) is 12.6 Å². The molecule has 1 aliphatic carbocycles. The lowest BCUT2D eigenvalue weighted by molar-refractivity contribution is -0.119. The van der Waals surface area contributed by atoms with Gasteiger partial charge in [0.2, 0.25) is 5.91 Å². The van der Waals surface area contributed by atoms with Gasteiger partial charge in [-0.25, -0.2) is 0 Å². The van der Waals surface area contributed by atoms with Crippen molar-refractivity contribution in [2.24, 2.45) is 5.73 Å². The van der Waals surface area contributed by atoms with Gasteiger partial charge in [-0.3, -0.25) is 9.69 Å². The maximum absolute atomic E-state index is 11.0. The Hall–Kier alpha value is -1.35. The van der Waals surface area contributed by atoms with Crippen LogP contribution in [-0.2, 0) is 17.8 Å². The first-order valence-corrected chi connectivity index (χ1v) is 6.29. The van der Waals surface area contributed by atoms with Crippen LogP contribution in [0.2, 0.25) is 0 Å². The zero-order valence-corrected chi connectivity index (χ0v) is 10.4. The van der Waals surface area contributed by atoms with E-state index >= 15 is 0 Å².